The fraction of sp³-hybridized carbons (Fsp3) is 0.458. The Balaban J connectivity index is 1.17. The number of aromatic nitrogens is 3. The fourth-order valence-electron chi connectivity index (χ4n) is 4.91. The van der Waals surface area contributed by atoms with Crippen LogP contribution in [0.2, 0.25) is 0 Å². The van der Waals surface area contributed by atoms with Gasteiger partial charge in [-0.3, -0.25) is 9.69 Å². The van der Waals surface area contributed by atoms with Crippen molar-refractivity contribution in [1.82, 2.24) is 24.8 Å². The summed E-state index contributed by atoms with van der Waals surface area (Å²) in [6.07, 6.45) is 10.3. The van der Waals surface area contributed by atoms with Crippen molar-refractivity contribution in [1.29, 1.82) is 0 Å². The van der Waals surface area contributed by atoms with Crippen molar-refractivity contribution in [3.05, 3.63) is 54.0 Å². The van der Waals surface area contributed by atoms with E-state index in [2.05, 4.69) is 24.8 Å². The number of fused-ring (bicyclic) bond motifs is 1. The number of likely N-dealkylation sites (tertiary alicyclic amines) is 1. The molecule has 3 heterocycles. The van der Waals surface area contributed by atoms with Crippen LogP contribution in [0.5, 0.6) is 5.75 Å². The fourth-order valence-corrected chi connectivity index (χ4v) is 4.91. The first kappa shape index (κ1) is 20.0. The molecule has 0 spiro atoms. The van der Waals surface area contributed by atoms with Crippen molar-refractivity contribution in [2.75, 3.05) is 13.1 Å². The number of phenols is 1. The Bertz CT molecular complexity index is 1060. The third-order valence-electron chi connectivity index (χ3n) is 6.63. The lowest BCUT2D eigenvalue weighted by Gasteiger charge is -2.32. The van der Waals surface area contributed by atoms with E-state index in [0.717, 1.165) is 49.2 Å². The smallest absolute Gasteiger partial charge is 0.253 e. The van der Waals surface area contributed by atoms with Crippen LogP contribution in [0.25, 0.3) is 11.2 Å². The highest BCUT2D eigenvalue weighted by Gasteiger charge is 2.23. The Morgan fingerprint density at radius 1 is 1.10 bits per heavy atom. The number of nitrogens with zero attached hydrogens (tertiary/aromatic N) is 4. The molecule has 7 nitrogen and oxygen atoms in total. The van der Waals surface area contributed by atoms with Gasteiger partial charge >= 0.3 is 0 Å². The number of aromatic hydroxyl groups is 1. The van der Waals surface area contributed by atoms with Gasteiger partial charge in [0.1, 0.15) is 11.3 Å². The summed E-state index contributed by atoms with van der Waals surface area (Å²) in [6.45, 7) is 2.66. The van der Waals surface area contributed by atoms with Gasteiger partial charge < -0.3 is 15.0 Å². The lowest BCUT2D eigenvalue weighted by atomic mass is 10.0. The maximum atomic E-state index is 12.8. The average Bonchev–Trinajstić information content (AvgIpc) is 3.44. The van der Waals surface area contributed by atoms with Crippen molar-refractivity contribution < 1.29 is 9.90 Å². The molecule has 162 valence electrons. The number of hydrogen-bond donors (Lipinski definition) is 2. The van der Waals surface area contributed by atoms with Gasteiger partial charge in [0, 0.05) is 37.9 Å². The van der Waals surface area contributed by atoms with Crippen molar-refractivity contribution in [3.8, 4) is 5.75 Å². The second-order valence-corrected chi connectivity index (χ2v) is 8.85. The molecule has 7 heteroatoms. The summed E-state index contributed by atoms with van der Waals surface area (Å²) >= 11 is 0. The van der Waals surface area contributed by atoms with Crippen molar-refractivity contribution in [3.63, 3.8) is 0 Å². The standard InChI is InChI=1S/C24H29N5O2/c30-21-7-3-4-17(12-21)15-28-10-8-19(9-11-28)27-24(31)18-13-22-23(25-14-18)29(16-26-22)20-5-1-2-6-20/h3-4,7,12-14,16,19-20,30H,1-2,5-6,8-11,15H2,(H,27,31). The SMILES string of the molecule is O=C(NC1CCN(Cc2cccc(O)c2)CC1)c1cnc2c(c1)ncn2C1CCCC1. The number of nitrogens with one attached hydrogen (secondary N) is 1. The minimum atomic E-state index is -0.0729. The third-order valence-corrected chi connectivity index (χ3v) is 6.63. The Morgan fingerprint density at radius 2 is 1.90 bits per heavy atom. The van der Waals surface area contributed by atoms with Crippen LogP contribution in [0, 0.1) is 0 Å². The van der Waals surface area contributed by atoms with Gasteiger partial charge in [0.05, 0.1) is 11.9 Å². The first-order valence-electron chi connectivity index (χ1n) is 11.3. The van der Waals surface area contributed by atoms with Crippen LogP contribution in [0.3, 0.4) is 0 Å². The maximum absolute atomic E-state index is 12.8. The van der Waals surface area contributed by atoms with E-state index in [1.807, 2.05) is 30.6 Å². The first-order chi connectivity index (χ1) is 15.2. The van der Waals surface area contributed by atoms with E-state index in [4.69, 9.17) is 0 Å². The van der Waals surface area contributed by atoms with Gasteiger partial charge in [-0.15, -0.1) is 0 Å². The number of piperidine rings is 1. The van der Waals surface area contributed by atoms with Gasteiger partial charge in [-0.2, -0.15) is 0 Å². The molecule has 0 atom stereocenters. The van der Waals surface area contributed by atoms with Crippen LogP contribution in [0.4, 0.5) is 0 Å². The molecule has 2 aliphatic rings. The largest absolute Gasteiger partial charge is 0.508 e. The van der Waals surface area contributed by atoms with Gasteiger partial charge in [0.25, 0.3) is 5.91 Å². The van der Waals surface area contributed by atoms with Crippen LogP contribution < -0.4 is 5.32 Å². The quantitative estimate of drug-likeness (QED) is 0.660. The Hall–Kier alpha value is -2.93. The molecule has 0 radical (unpaired) electrons. The third kappa shape index (κ3) is 4.42. The lowest BCUT2D eigenvalue weighted by molar-refractivity contribution is 0.0908. The Kier molecular flexibility index (Phi) is 5.59. The predicted molar refractivity (Wildman–Crippen MR) is 119 cm³/mol. The molecular weight excluding hydrogens is 390 g/mol. The van der Waals surface area contributed by atoms with Crippen LogP contribution in [-0.4, -0.2) is 49.6 Å². The molecule has 2 fully saturated rings. The molecule has 1 saturated carbocycles. The average molecular weight is 420 g/mol. The molecule has 1 aromatic carbocycles. The number of phenolic OH excluding ortho intramolecular Hbond substituents is 1. The number of carbonyl (C=O) groups is 1. The van der Waals surface area contributed by atoms with Crippen LogP contribution in [0.15, 0.2) is 42.9 Å². The molecule has 0 unspecified atom stereocenters. The van der Waals surface area contributed by atoms with E-state index in [0.29, 0.717) is 17.4 Å². The number of amides is 1. The van der Waals surface area contributed by atoms with Crippen LogP contribution >= 0.6 is 0 Å². The molecule has 1 aliphatic carbocycles. The van der Waals surface area contributed by atoms with Gasteiger partial charge in [-0.05, 0) is 49.4 Å². The number of benzene rings is 1. The van der Waals surface area contributed by atoms with Gasteiger partial charge in [-0.25, -0.2) is 9.97 Å². The van der Waals surface area contributed by atoms with Gasteiger partial charge in [-0.1, -0.05) is 25.0 Å². The van der Waals surface area contributed by atoms with Crippen molar-refractivity contribution in [2.24, 2.45) is 0 Å². The van der Waals surface area contributed by atoms with E-state index in [1.165, 1.54) is 25.7 Å². The minimum Gasteiger partial charge on any atom is -0.508 e. The summed E-state index contributed by atoms with van der Waals surface area (Å²) in [5.41, 5.74) is 3.36. The highest BCUT2D eigenvalue weighted by atomic mass is 16.3. The number of hydrogen-bond acceptors (Lipinski definition) is 5. The van der Waals surface area contributed by atoms with E-state index in [-0.39, 0.29) is 11.9 Å². The summed E-state index contributed by atoms with van der Waals surface area (Å²) in [6, 6.07) is 9.92. The Morgan fingerprint density at radius 3 is 2.68 bits per heavy atom. The van der Waals surface area contributed by atoms with E-state index < -0.39 is 0 Å². The van der Waals surface area contributed by atoms with Crippen molar-refractivity contribution in [2.45, 2.75) is 57.2 Å². The molecule has 2 aromatic heterocycles. The van der Waals surface area contributed by atoms with Crippen LogP contribution in [-0.2, 0) is 6.54 Å². The molecule has 31 heavy (non-hydrogen) atoms. The molecule has 3 aromatic rings. The number of imidazole rings is 1. The number of rotatable bonds is 5. The zero-order valence-electron chi connectivity index (χ0n) is 17.7. The molecule has 0 bridgehead atoms. The second kappa shape index (κ2) is 8.67. The van der Waals surface area contributed by atoms with E-state index in [1.54, 1.807) is 12.3 Å². The molecule has 5 rings (SSSR count). The molecule has 2 N–H and O–H groups in total. The highest BCUT2D eigenvalue weighted by Crippen LogP contribution is 2.31. The monoisotopic (exact) mass is 419 g/mol. The second-order valence-electron chi connectivity index (χ2n) is 8.85. The highest BCUT2D eigenvalue weighted by molar-refractivity contribution is 5.96. The van der Waals surface area contributed by atoms with Crippen LogP contribution in [0.1, 0.15) is 60.5 Å². The van der Waals surface area contributed by atoms with Gasteiger partial charge in [0.2, 0.25) is 0 Å². The lowest BCUT2D eigenvalue weighted by Crippen LogP contribution is -2.44. The minimum absolute atomic E-state index is 0.0729. The predicted octanol–water partition coefficient (Wildman–Crippen LogP) is 3.65. The summed E-state index contributed by atoms with van der Waals surface area (Å²) in [7, 11) is 0. The number of pyridine rings is 1. The maximum Gasteiger partial charge on any atom is 0.253 e. The summed E-state index contributed by atoms with van der Waals surface area (Å²) in [5, 5.41) is 12.8. The normalized spacial score (nSPS) is 18.6. The number of carbonyl (C=O) groups excluding carboxylic acids is 1. The summed E-state index contributed by atoms with van der Waals surface area (Å²) < 4.78 is 2.17. The van der Waals surface area contributed by atoms with E-state index >= 15 is 0 Å². The van der Waals surface area contributed by atoms with Gasteiger partial charge in [0.15, 0.2) is 5.65 Å². The first-order valence-corrected chi connectivity index (χ1v) is 11.3. The molecular formula is C24H29N5O2. The molecule has 1 amide bonds. The zero-order valence-corrected chi connectivity index (χ0v) is 17.7. The summed E-state index contributed by atoms with van der Waals surface area (Å²) in [4.78, 5) is 24.2. The van der Waals surface area contributed by atoms with Crippen molar-refractivity contribution >= 4 is 17.1 Å². The topological polar surface area (TPSA) is 83.3 Å². The zero-order chi connectivity index (χ0) is 21.2. The molecule has 1 saturated heterocycles. The Labute approximate surface area is 182 Å². The van der Waals surface area contributed by atoms with E-state index in [9.17, 15) is 9.90 Å². The summed E-state index contributed by atoms with van der Waals surface area (Å²) in [5.74, 6) is 0.231. The molecule has 1 aliphatic heterocycles.